The number of nitriles is 1. The molecule has 1 heterocycles. The van der Waals surface area contributed by atoms with Gasteiger partial charge in [-0.3, -0.25) is 5.41 Å². The Morgan fingerprint density at radius 3 is 2.44 bits per heavy atom. The summed E-state index contributed by atoms with van der Waals surface area (Å²) in [5, 5.41) is 17.4. The van der Waals surface area contributed by atoms with Crippen LogP contribution >= 0.6 is 0 Å². The molecule has 3 rings (SSSR count). The number of hydrogen-bond acceptors (Lipinski definition) is 4. The van der Waals surface area contributed by atoms with E-state index in [-0.39, 0.29) is 11.3 Å². The van der Waals surface area contributed by atoms with Gasteiger partial charge < -0.3 is 9.64 Å². The summed E-state index contributed by atoms with van der Waals surface area (Å²) in [5.74, 6) is -3.96. The highest BCUT2D eigenvalue weighted by Gasteiger charge is 2.41. The van der Waals surface area contributed by atoms with E-state index in [9.17, 15) is 22.8 Å². The third-order valence-electron chi connectivity index (χ3n) is 4.49. The standard InChI is InChI=1S/C19H15F4N3O/c1-26(2)10-6-7-11-15(8-10)27-18(25)13(9-24)16(11)12-4-3-5-14(17(12)20)19(21,22)23/h3-8,13,16,25H,1-2H3. The van der Waals surface area contributed by atoms with Crippen molar-refractivity contribution in [3.63, 3.8) is 0 Å². The number of rotatable bonds is 2. The predicted octanol–water partition coefficient (Wildman–Crippen LogP) is 4.55. The molecule has 0 amide bonds. The maximum absolute atomic E-state index is 14.7. The number of hydrogen-bond donors (Lipinski definition) is 1. The second kappa shape index (κ2) is 6.58. The lowest BCUT2D eigenvalue weighted by molar-refractivity contribution is -0.140. The van der Waals surface area contributed by atoms with Crippen molar-refractivity contribution in [1.82, 2.24) is 0 Å². The Kier molecular flexibility index (Phi) is 4.56. The van der Waals surface area contributed by atoms with Crippen LogP contribution in [-0.2, 0) is 6.18 Å². The van der Waals surface area contributed by atoms with Gasteiger partial charge in [-0.2, -0.15) is 18.4 Å². The molecule has 27 heavy (non-hydrogen) atoms. The summed E-state index contributed by atoms with van der Waals surface area (Å²) in [4.78, 5) is 1.78. The zero-order valence-corrected chi connectivity index (χ0v) is 14.4. The molecule has 8 heteroatoms. The minimum Gasteiger partial charge on any atom is -0.442 e. The molecule has 2 unspecified atom stereocenters. The van der Waals surface area contributed by atoms with E-state index in [4.69, 9.17) is 10.1 Å². The van der Waals surface area contributed by atoms with Gasteiger partial charge in [0, 0.05) is 37.3 Å². The normalized spacial score (nSPS) is 19.1. The summed E-state index contributed by atoms with van der Waals surface area (Å²) in [6.07, 6.45) is -4.86. The molecule has 4 nitrogen and oxygen atoms in total. The van der Waals surface area contributed by atoms with Crippen molar-refractivity contribution in [2.24, 2.45) is 5.92 Å². The fourth-order valence-corrected chi connectivity index (χ4v) is 3.15. The number of fused-ring (bicyclic) bond motifs is 1. The predicted molar refractivity (Wildman–Crippen MR) is 91.5 cm³/mol. The van der Waals surface area contributed by atoms with Crippen LogP contribution in [0.5, 0.6) is 5.75 Å². The van der Waals surface area contributed by atoms with E-state index >= 15 is 0 Å². The first-order chi connectivity index (χ1) is 12.6. The number of alkyl halides is 3. The molecule has 2 atom stereocenters. The Balaban J connectivity index is 2.23. The Labute approximate surface area is 153 Å². The molecular formula is C19H15F4N3O. The molecule has 2 aromatic carbocycles. The van der Waals surface area contributed by atoms with Crippen molar-refractivity contribution >= 4 is 11.6 Å². The second-order valence-electron chi connectivity index (χ2n) is 6.37. The molecular weight excluding hydrogens is 362 g/mol. The highest BCUT2D eigenvalue weighted by atomic mass is 19.4. The molecule has 0 bridgehead atoms. The Hall–Kier alpha value is -3.08. The summed E-state index contributed by atoms with van der Waals surface area (Å²) in [6.45, 7) is 0. The van der Waals surface area contributed by atoms with Gasteiger partial charge in [-0.15, -0.1) is 0 Å². The molecule has 1 aliphatic rings. The van der Waals surface area contributed by atoms with Crippen molar-refractivity contribution in [2.75, 3.05) is 19.0 Å². The van der Waals surface area contributed by atoms with Gasteiger partial charge in [0.25, 0.3) is 0 Å². The molecule has 0 aromatic heterocycles. The van der Waals surface area contributed by atoms with Crippen LogP contribution in [-0.4, -0.2) is 20.0 Å². The zero-order chi connectivity index (χ0) is 19.9. The van der Waals surface area contributed by atoms with Crippen molar-refractivity contribution in [2.45, 2.75) is 12.1 Å². The maximum Gasteiger partial charge on any atom is 0.419 e. The monoisotopic (exact) mass is 377 g/mol. The topological polar surface area (TPSA) is 60.1 Å². The molecule has 0 radical (unpaired) electrons. The summed E-state index contributed by atoms with van der Waals surface area (Å²) in [5.41, 5.74) is -0.592. The van der Waals surface area contributed by atoms with Crippen LogP contribution in [0.15, 0.2) is 36.4 Å². The Morgan fingerprint density at radius 1 is 1.15 bits per heavy atom. The number of benzene rings is 2. The number of anilines is 1. The summed E-state index contributed by atoms with van der Waals surface area (Å²) < 4.78 is 59.5. The van der Waals surface area contributed by atoms with Gasteiger partial charge in [-0.25, -0.2) is 4.39 Å². The van der Waals surface area contributed by atoms with Crippen molar-refractivity contribution in [3.8, 4) is 11.8 Å². The molecule has 1 N–H and O–H groups in total. The first-order valence-corrected chi connectivity index (χ1v) is 7.98. The molecule has 140 valence electrons. The van der Waals surface area contributed by atoms with Gasteiger partial charge >= 0.3 is 6.18 Å². The van der Waals surface area contributed by atoms with Gasteiger partial charge in [-0.05, 0) is 17.7 Å². The van der Waals surface area contributed by atoms with E-state index in [0.717, 1.165) is 11.8 Å². The van der Waals surface area contributed by atoms with Crippen LogP contribution in [0.2, 0.25) is 0 Å². The lowest BCUT2D eigenvalue weighted by Crippen LogP contribution is -2.32. The van der Waals surface area contributed by atoms with Crippen LogP contribution in [0, 0.1) is 28.5 Å². The van der Waals surface area contributed by atoms with Gasteiger partial charge in [0.15, 0.2) is 0 Å². The van der Waals surface area contributed by atoms with Crippen molar-refractivity contribution < 1.29 is 22.3 Å². The summed E-state index contributed by atoms with van der Waals surface area (Å²) in [7, 11) is 3.58. The number of nitrogens with one attached hydrogen (secondary N) is 1. The SMILES string of the molecule is CN(C)c1ccc2c(c1)OC(=N)C(C#N)C2c1cccc(C(F)(F)F)c1F. The average Bonchev–Trinajstić information content (AvgIpc) is 2.59. The number of ether oxygens (including phenoxy) is 1. The largest absolute Gasteiger partial charge is 0.442 e. The van der Waals surface area contributed by atoms with Crippen LogP contribution in [0.3, 0.4) is 0 Å². The smallest absolute Gasteiger partial charge is 0.419 e. The summed E-state index contributed by atoms with van der Waals surface area (Å²) in [6, 6.07) is 9.72. The van der Waals surface area contributed by atoms with E-state index in [1.165, 1.54) is 6.07 Å². The van der Waals surface area contributed by atoms with Gasteiger partial charge in [0.2, 0.25) is 5.90 Å². The van der Waals surface area contributed by atoms with Crippen molar-refractivity contribution in [1.29, 1.82) is 10.7 Å². The molecule has 0 fully saturated rings. The summed E-state index contributed by atoms with van der Waals surface area (Å²) >= 11 is 0. The average molecular weight is 377 g/mol. The van der Waals surface area contributed by atoms with E-state index in [1.807, 2.05) is 6.07 Å². The van der Waals surface area contributed by atoms with Crippen LogP contribution < -0.4 is 9.64 Å². The van der Waals surface area contributed by atoms with E-state index in [0.29, 0.717) is 11.6 Å². The van der Waals surface area contributed by atoms with E-state index in [2.05, 4.69) is 0 Å². The van der Waals surface area contributed by atoms with Crippen LogP contribution in [0.1, 0.15) is 22.6 Å². The van der Waals surface area contributed by atoms with Gasteiger partial charge in [0.1, 0.15) is 17.5 Å². The minimum atomic E-state index is -4.86. The first kappa shape index (κ1) is 18.7. The Morgan fingerprint density at radius 2 is 1.85 bits per heavy atom. The molecule has 0 saturated carbocycles. The molecule has 0 aliphatic carbocycles. The fraction of sp³-hybridized carbons (Fsp3) is 0.263. The van der Waals surface area contributed by atoms with Crippen LogP contribution in [0.25, 0.3) is 0 Å². The number of nitrogens with zero attached hydrogens (tertiary/aromatic N) is 2. The molecule has 2 aromatic rings. The number of halogens is 4. The lowest BCUT2D eigenvalue weighted by atomic mass is 9.78. The fourth-order valence-electron chi connectivity index (χ4n) is 3.15. The van der Waals surface area contributed by atoms with Crippen LogP contribution in [0.4, 0.5) is 23.2 Å². The second-order valence-corrected chi connectivity index (χ2v) is 6.37. The van der Waals surface area contributed by atoms with Gasteiger partial charge in [-0.1, -0.05) is 18.2 Å². The minimum absolute atomic E-state index is 0.222. The highest BCUT2D eigenvalue weighted by Crippen LogP contribution is 2.45. The quantitative estimate of drug-likeness (QED) is 0.781. The first-order valence-electron chi connectivity index (χ1n) is 7.98. The third kappa shape index (κ3) is 3.21. The van der Waals surface area contributed by atoms with Gasteiger partial charge in [0.05, 0.1) is 11.6 Å². The lowest BCUT2D eigenvalue weighted by Gasteiger charge is -2.31. The maximum atomic E-state index is 14.7. The third-order valence-corrected chi connectivity index (χ3v) is 4.49. The van der Waals surface area contributed by atoms with E-state index < -0.39 is 35.3 Å². The molecule has 1 aliphatic heterocycles. The molecule has 0 spiro atoms. The molecule has 0 saturated heterocycles. The Bertz CT molecular complexity index is 947. The van der Waals surface area contributed by atoms with Crippen molar-refractivity contribution in [3.05, 3.63) is 58.9 Å². The highest BCUT2D eigenvalue weighted by molar-refractivity contribution is 5.85. The van der Waals surface area contributed by atoms with E-state index in [1.54, 1.807) is 37.2 Å². The zero-order valence-electron chi connectivity index (χ0n) is 14.4.